The molecule has 0 spiro atoms. The van der Waals surface area contributed by atoms with E-state index >= 15 is 0 Å². The molecule has 1 aliphatic heterocycles. The van der Waals surface area contributed by atoms with E-state index in [1.54, 1.807) is 16.5 Å². The van der Waals surface area contributed by atoms with Gasteiger partial charge in [-0.3, -0.25) is 4.79 Å². The zero-order valence-corrected chi connectivity index (χ0v) is 19.8. The van der Waals surface area contributed by atoms with Crippen LogP contribution >= 0.6 is 0 Å². The van der Waals surface area contributed by atoms with Crippen molar-refractivity contribution in [2.45, 2.75) is 51.0 Å². The SMILES string of the molecule is C#CCO[C@H](C)[C@H](NC(=O)OCC=C)C(=O)N1CCC[C@H]1Cn1nnnc1NCc1ccccc1. The van der Waals surface area contributed by atoms with Crippen molar-refractivity contribution in [2.24, 2.45) is 0 Å². The second-order valence-corrected chi connectivity index (χ2v) is 8.08. The molecule has 35 heavy (non-hydrogen) atoms. The van der Waals surface area contributed by atoms with Crippen LogP contribution < -0.4 is 10.6 Å². The highest BCUT2D eigenvalue weighted by molar-refractivity contribution is 5.86. The Bertz CT molecular complexity index is 1020. The molecule has 1 aromatic carbocycles. The topological polar surface area (TPSA) is 123 Å². The number of nitrogens with one attached hydrogen (secondary N) is 2. The number of hydrogen-bond donors (Lipinski definition) is 2. The molecule has 1 aromatic heterocycles. The molecule has 2 heterocycles. The van der Waals surface area contributed by atoms with Crippen LogP contribution in [0.5, 0.6) is 0 Å². The smallest absolute Gasteiger partial charge is 0.408 e. The van der Waals surface area contributed by atoms with E-state index in [2.05, 4.69) is 38.7 Å². The third-order valence-corrected chi connectivity index (χ3v) is 5.64. The summed E-state index contributed by atoms with van der Waals surface area (Å²) >= 11 is 0. The average Bonchev–Trinajstić information content (AvgIpc) is 3.53. The molecule has 2 amide bonds. The van der Waals surface area contributed by atoms with Crippen molar-refractivity contribution >= 4 is 17.9 Å². The lowest BCUT2D eigenvalue weighted by Crippen LogP contribution is -2.56. The fourth-order valence-electron chi connectivity index (χ4n) is 3.88. The van der Waals surface area contributed by atoms with Gasteiger partial charge >= 0.3 is 6.09 Å². The van der Waals surface area contributed by atoms with Gasteiger partial charge in [-0.15, -0.1) is 6.42 Å². The third kappa shape index (κ3) is 7.28. The van der Waals surface area contributed by atoms with Gasteiger partial charge in [0.2, 0.25) is 11.9 Å². The van der Waals surface area contributed by atoms with E-state index in [1.165, 1.54) is 6.08 Å². The first-order valence-corrected chi connectivity index (χ1v) is 11.5. The van der Waals surface area contributed by atoms with Crippen LogP contribution in [0.3, 0.4) is 0 Å². The third-order valence-electron chi connectivity index (χ3n) is 5.64. The minimum atomic E-state index is -0.967. The van der Waals surface area contributed by atoms with Gasteiger partial charge in [0.25, 0.3) is 0 Å². The normalized spacial score (nSPS) is 16.7. The first-order chi connectivity index (χ1) is 17.0. The predicted molar refractivity (Wildman–Crippen MR) is 129 cm³/mol. The maximum Gasteiger partial charge on any atom is 0.408 e. The van der Waals surface area contributed by atoms with E-state index in [-0.39, 0.29) is 25.2 Å². The largest absolute Gasteiger partial charge is 0.445 e. The van der Waals surface area contributed by atoms with Gasteiger partial charge in [0.15, 0.2) is 0 Å². The van der Waals surface area contributed by atoms with E-state index in [9.17, 15) is 9.59 Å². The first-order valence-electron chi connectivity index (χ1n) is 11.5. The molecule has 0 bridgehead atoms. The number of likely N-dealkylation sites (tertiary alicyclic amines) is 1. The number of anilines is 1. The highest BCUT2D eigenvalue weighted by Crippen LogP contribution is 2.22. The van der Waals surface area contributed by atoms with Gasteiger partial charge in [0.1, 0.15) is 19.3 Å². The molecule has 11 nitrogen and oxygen atoms in total. The summed E-state index contributed by atoms with van der Waals surface area (Å²) < 4.78 is 12.2. The zero-order valence-electron chi connectivity index (χ0n) is 19.8. The lowest BCUT2D eigenvalue weighted by atomic mass is 10.1. The Morgan fingerprint density at radius 3 is 2.91 bits per heavy atom. The highest BCUT2D eigenvalue weighted by Gasteiger charge is 2.37. The van der Waals surface area contributed by atoms with Crippen molar-refractivity contribution in [1.82, 2.24) is 30.4 Å². The summed E-state index contributed by atoms with van der Waals surface area (Å²) in [5, 5.41) is 17.8. The molecule has 1 saturated heterocycles. The molecule has 0 radical (unpaired) electrons. The molecular weight excluding hydrogens is 450 g/mol. The number of terminal acetylenes is 1. The second-order valence-electron chi connectivity index (χ2n) is 8.08. The summed E-state index contributed by atoms with van der Waals surface area (Å²) in [6, 6.07) is 8.79. The monoisotopic (exact) mass is 481 g/mol. The minimum absolute atomic E-state index is 0.0127. The predicted octanol–water partition coefficient (Wildman–Crippen LogP) is 1.60. The quantitative estimate of drug-likeness (QED) is 0.346. The lowest BCUT2D eigenvalue weighted by molar-refractivity contribution is -0.138. The van der Waals surface area contributed by atoms with Crippen molar-refractivity contribution in [3.8, 4) is 12.3 Å². The maximum atomic E-state index is 13.5. The van der Waals surface area contributed by atoms with Crippen LogP contribution in [0.25, 0.3) is 0 Å². The Labute approximate surface area is 204 Å². The molecule has 1 fully saturated rings. The van der Waals surface area contributed by atoms with Gasteiger partial charge in [-0.25, -0.2) is 9.48 Å². The summed E-state index contributed by atoms with van der Waals surface area (Å²) in [5.41, 5.74) is 1.10. The van der Waals surface area contributed by atoms with Gasteiger partial charge in [-0.05, 0) is 35.8 Å². The summed E-state index contributed by atoms with van der Waals surface area (Å²) in [6.07, 6.45) is 6.94. The molecule has 11 heteroatoms. The number of alkyl carbamates (subject to hydrolysis) is 1. The van der Waals surface area contributed by atoms with E-state index in [1.807, 2.05) is 30.3 Å². The first kappa shape index (κ1) is 25.7. The van der Waals surface area contributed by atoms with E-state index in [0.717, 1.165) is 18.4 Å². The number of ether oxygens (including phenoxy) is 2. The molecule has 0 unspecified atom stereocenters. The zero-order chi connectivity index (χ0) is 25.0. The lowest BCUT2D eigenvalue weighted by Gasteiger charge is -2.31. The standard InChI is InChI=1S/C24H31N7O4/c1-4-14-34-18(3)21(26-24(33)35-15-5-2)22(32)30-13-9-12-20(30)17-31-23(27-28-29-31)25-16-19-10-7-6-8-11-19/h1,5-8,10-11,18,20-21H,2,9,12-17H2,3H3,(H,26,33)(H,25,27,29)/t18-,20+,21+/m1/s1. The van der Waals surface area contributed by atoms with Gasteiger partial charge in [0, 0.05) is 13.1 Å². The summed E-state index contributed by atoms with van der Waals surface area (Å²) in [6.45, 7) is 6.76. The van der Waals surface area contributed by atoms with Crippen LogP contribution in [0, 0.1) is 12.3 Å². The molecule has 2 N–H and O–H groups in total. The molecule has 3 atom stereocenters. The van der Waals surface area contributed by atoms with Crippen LogP contribution in [-0.2, 0) is 27.4 Å². The summed E-state index contributed by atoms with van der Waals surface area (Å²) in [4.78, 5) is 27.4. The number of amides is 2. The molecule has 186 valence electrons. The number of aromatic nitrogens is 4. The Kier molecular flexibility index (Phi) is 9.62. The average molecular weight is 482 g/mol. The van der Waals surface area contributed by atoms with Crippen LogP contribution in [0.15, 0.2) is 43.0 Å². The van der Waals surface area contributed by atoms with Crippen LogP contribution in [0.4, 0.5) is 10.7 Å². The number of benzene rings is 1. The van der Waals surface area contributed by atoms with Crippen LogP contribution in [0.1, 0.15) is 25.3 Å². The highest BCUT2D eigenvalue weighted by atomic mass is 16.5. The summed E-state index contributed by atoms with van der Waals surface area (Å²) in [5.74, 6) is 2.62. The van der Waals surface area contributed by atoms with Gasteiger partial charge in [-0.2, -0.15) is 0 Å². The number of carbonyl (C=O) groups is 2. The minimum Gasteiger partial charge on any atom is -0.445 e. The van der Waals surface area contributed by atoms with E-state index < -0.39 is 18.2 Å². The molecule has 3 rings (SSSR count). The van der Waals surface area contributed by atoms with Gasteiger partial charge in [-0.1, -0.05) is 54.0 Å². The van der Waals surface area contributed by atoms with Gasteiger partial charge < -0.3 is 25.0 Å². The molecule has 0 saturated carbocycles. The van der Waals surface area contributed by atoms with Crippen molar-refractivity contribution in [1.29, 1.82) is 0 Å². The Morgan fingerprint density at radius 1 is 1.37 bits per heavy atom. The Balaban J connectivity index is 1.68. The van der Waals surface area contributed by atoms with Crippen molar-refractivity contribution in [3.05, 3.63) is 48.6 Å². The molecule has 1 aliphatic rings. The number of tetrazole rings is 1. The number of rotatable bonds is 12. The van der Waals surface area contributed by atoms with E-state index in [4.69, 9.17) is 15.9 Å². The van der Waals surface area contributed by atoms with E-state index in [0.29, 0.717) is 25.6 Å². The van der Waals surface area contributed by atoms with Crippen molar-refractivity contribution < 1.29 is 19.1 Å². The number of hydrogen-bond acceptors (Lipinski definition) is 8. The molecule has 2 aromatic rings. The second kappa shape index (κ2) is 13.1. The van der Waals surface area contributed by atoms with Crippen molar-refractivity contribution in [3.63, 3.8) is 0 Å². The number of nitrogens with zero attached hydrogens (tertiary/aromatic N) is 5. The Morgan fingerprint density at radius 2 is 2.17 bits per heavy atom. The van der Waals surface area contributed by atoms with Crippen LogP contribution in [0.2, 0.25) is 0 Å². The fraction of sp³-hybridized carbons (Fsp3) is 0.458. The summed E-state index contributed by atoms with van der Waals surface area (Å²) in [7, 11) is 0. The Hall–Kier alpha value is -3.91. The molecule has 0 aliphatic carbocycles. The molecular formula is C24H31N7O4. The van der Waals surface area contributed by atoms with Crippen molar-refractivity contribution in [2.75, 3.05) is 25.1 Å². The van der Waals surface area contributed by atoms with Crippen LogP contribution in [-0.4, -0.2) is 75.1 Å². The maximum absolute atomic E-state index is 13.5. The van der Waals surface area contributed by atoms with Gasteiger partial charge in [0.05, 0.1) is 18.7 Å². The fourth-order valence-corrected chi connectivity index (χ4v) is 3.88. The number of carbonyl (C=O) groups excluding carboxylic acids is 2.